The van der Waals surface area contributed by atoms with Gasteiger partial charge in [0.25, 0.3) is 0 Å². The van der Waals surface area contributed by atoms with Crippen LogP contribution in [0.5, 0.6) is 0 Å². The first-order valence-corrected chi connectivity index (χ1v) is 9.44. The molecule has 4 bridgehead atoms. The van der Waals surface area contributed by atoms with E-state index >= 15 is 0 Å². The van der Waals surface area contributed by atoms with Crippen LogP contribution in [0, 0.1) is 29.1 Å². The minimum atomic E-state index is 0.293. The van der Waals surface area contributed by atoms with Gasteiger partial charge >= 0.3 is 0 Å². The highest BCUT2D eigenvalue weighted by Crippen LogP contribution is 2.69. The first kappa shape index (κ1) is 14.5. The molecule has 1 nitrogen and oxygen atoms in total. The summed E-state index contributed by atoms with van der Waals surface area (Å²) in [7, 11) is 0. The summed E-state index contributed by atoms with van der Waals surface area (Å²) in [6.45, 7) is 14.9. The van der Waals surface area contributed by atoms with Crippen LogP contribution in [0.4, 0.5) is 0 Å². The molecule has 0 aromatic rings. The Kier molecular flexibility index (Phi) is 2.82. The molecule has 0 aromatic heterocycles. The molecule has 1 saturated heterocycles. The van der Waals surface area contributed by atoms with Crippen LogP contribution in [0.25, 0.3) is 0 Å². The molecule has 0 N–H and O–H groups in total. The monoisotopic (exact) mass is 289 g/mol. The third-order valence-corrected chi connectivity index (χ3v) is 7.94. The van der Waals surface area contributed by atoms with Crippen molar-refractivity contribution in [1.82, 2.24) is 4.90 Å². The van der Waals surface area contributed by atoms with Crippen LogP contribution in [-0.2, 0) is 0 Å². The molecule has 1 heterocycles. The summed E-state index contributed by atoms with van der Waals surface area (Å²) in [5, 5.41) is 0. The molecule has 0 aromatic carbocycles. The van der Waals surface area contributed by atoms with E-state index in [9.17, 15) is 0 Å². The van der Waals surface area contributed by atoms with Crippen LogP contribution in [-0.4, -0.2) is 22.0 Å². The molecule has 5 fully saturated rings. The predicted octanol–water partition coefficient (Wildman–Crippen LogP) is 5.10. The van der Waals surface area contributed by atoms with E-state index in [0.29, 0.717) is 16.5 Å². The fourth-order valence-corrected chi connectivity index (χ4v) is 8.27. The van der Waals surface area contributed by atoms with Crippen LogP contribution in [0.3, 0.4) is 0 Å². The van der Waals surface area contributed by atoms with E-state index in [2.05, 4.69) is 46.4 Å². The van der Waals surface area contributed by atoms with E-state index in [1.54, 1.807) is 32.1 Å². The van der Waals surface area contributed by atoms with Crippen LogP contribution >= 0.6 is 0 Å². The molecular formula is C20H35N. The Hall–Kier alpha value is -0.0400. The van der Waals surface area contributed by atoms with Crippen molar-refractivity contribution in [2.24, 2.45) is 29.1 Å². The third-order valence-electron chi connectivity index (χ3n) is 7.94. The number of nitrogens with zero attached hydrogens (tertiary/aromatic N) is 1. The second kappa shape index (κ2) is 4.08. The van der Waals surface area contributed by atoms with E-state index < -0.39 is 0 Å². The maximum absolute atomic E-state index is 2.89. The van der Waals surface area contributed by atoms with Crippen LogP contribution < -0.4 is 0 Å². The number of likely N-dealkylation sites (tertiary alicyclic amines) is 1. The van der Waals surface area contributed by atoms with Crippen molar-refractivity contribution in [1.29, 1.82) is 0 Å². The topological polar surface area (TPSA) is 3.24 Å². The summed E-state index contributed by atoms with van der Waals surface area (Å²) in [5.41, 5.74) is 1.30. The molecule has 1 heteroatoms. The molecule has 120 valence electrons. The lowest BCUT2D eigenvalue weighted by atomic mass is 9.43. The molecule has 0 radical (unpaired) electrons. The highest BCUT2D eigenvalue weighted by molar-refractivity contribution is 5.18. The molecule has 4 aliphatic carbocycles. The maximum atomic E-state index is 2.89. The Morgan fingerprint density at radius 1 is 0.857 bits per heavy atom. The first-order valence-electron chi connectivity index (χ1n) is 9.44. The molecule has 1 spiro atoms. The Morgan fingerprint density at radius 3 is 1.71 bits per heavy atom. The highest BCUT2D eigenvalue weighted by atomic mass is 15.3. The van der Waals surface area contributed by atoms with Gasteiger partial charge in [0.2, 0.25) is 0 Å². The normalized spacial score (nSPS) is 52.0. The molecule has 5 aliphatic rings. The summed E-state index contributed by atoms with van der Waals surface area (Å²) in [6, 6.07) is 0.766. The molecule has 0 amide bonds. The van der Waals surface area contributed by atoms with Crippen molar-refractivity contribution in [2.45, 2.75) is 97.2 Å². The Morgan fingerprint density at radius 2 is 1.33 bits per heavy atom. The minimum Gasteiger partial charge on any atom is -0.290 e. The highest BCUT2D eigenvalue weighted by Gasteiger charge is 2.66. The van der Waals surface area contributed by atoms with Crippen molar-refractivity contribution >= 4 is 0 Å². The van der Waals surface area contributed by atoms with E-state index in [-0.39, 0.29) is 0 Å². The van der Waals surface area contributed by atoms with E-state index in [4.69, 9.17) is 0 Å². The van der Waals surface area contributed by atoms with Crippen molar-refractivity contribution in [3.05, 3.63) is 0 Å². The Labute approximate surface area is 131 Å². The fourth-order valence-electron chi connectivity index (χ4n) is 8.27. The summed E-state index contributed by atoms with van der Waals surface area (Å²) in [4.78, 5) is 2.89. The fraction of sp³-hybridized carbons (Fsp3) is 1.00. The van der Waals surface area contributed by atoms with Crippen molar-refractivity contribution in [3.8, 4) is 0 Å². The van der Waals surface area contributed by atoms with Gasteiger partial charge in [-0.05, 0) is 109 Å². The van der Waals surface area contributed by atoms with Crippen LogP contribution in [0.1, 0.15) is 80.1 Å². The van der Waals surface area contributed by atoms with Crippen molar-refractivity contribution in [2.75, 3.05) is 0 Å². The lowest BCUT2D eigenvalue weighted by Gasteiger charge is -2.62. The Balaban J connectivity index is 1.76. The molecule has 21 heavy (non-hydrogen) atoms. The van der Waals surface area contributed by atoms with Gasteiger partial charge < -0.3 is 0 Å². The van der Waals surface area contributed by atoms with Crippen LogP contribution in [0.15, 0.2) is 0 Å². The van der Waals surface area contributed by atoms with Gasteiger partial charge in [-0.1, -0.05) is 0 Å². The van der Waals surface area contributed by atoms with Gasteiger partial charge in [-0.3, -0.25) is 4.90 Å². The quantitative estimate of drug-likeness (QED) is 0.599. The van der Waals surface area contributed by atoms with E-state index in [1.165, 1.54) is 6.42 Å². The van der Waals surface area contributed by atoms with E-state index in [0.717, 1.165) is 29.7 Å². The summed E-state index contributed by atoms with van der Waals surface area (Å²) >= 11 is 0. The maximum Gasteiger partial charge on any atom is 0.0167 e. The van der Waals surface area contributed by atoms with Gasteiger partial charge in [-0.2, -0.15) is 0 Å². The average molecular weight is 290 g/mol. The summed E-state index contributed by atoms with van der Waals surface area (Å²) in [5.74, 6) is 4.26. The molecule has 1 atom stereocenters. The van der Waals surface area contributed by atoms with Crippen LogP contribution in [0.2, 0.25) is 0 Å². The minimum absolute atomic E-state index is 0.293. The second-order valence-corrected chi connectivity index (χ2v) is 10.6. The van der Waals surface area contributed by atoms with Gasteiger partial charge in [0.1, 0.15) is 0 Å². The predicted molar refractivity (Wildman–Crippen MR) is 89.2 cm³/mol. The molecule has 0 unspecified atom stereocenters. The zero-order valence-corrected chi connectivity index (χ0v) is 15.1. The van der Waals surface area contributed by atoms with Gasteiger partial charge in [-0.15, -0.1) is 0 Å². The third kappa shape index (κ3) is 1.79. The smallest absolute Gasteiger partial charge is 0.0167 e. The molecule has 1 aliphatic heterocycles. The number of hydrogen-bond acceptors (Lipinski definition) is 1. The number of rotatable bonds is 0. The lowest BCUT2D eigenvalue weighted by molar-refractivity contribution is -0.125. The van der Waals surface area contributed by atoms with Gasteiger partial charge in [0.15, 0.2) is 0 Å². The molecule has 5 rings (SSSR count). The average Bonchev–Trinajstić information content (AvgIpc) is 2.52. The molecular weight excluding hydrogens is 254 g/mol. The largest absolute Gasteiger partial charge is 0.290 e. The molecule has 4 saturated carbocycles. The SMILES string of the molecule is C[C@@H]1N(C(C)(C)C)C(C)(C)CC12C1CC3CC(C1)CC2C3. The van der Waals surface area contributed by atoms with Gasteiger partial charge in [0, 0.05) is 17.1 Å². The van der Waals surface area contributed by atoms with Gasteiger partial charge in [-0.25, -0.2) is 0 Å². The van der Waals surface area contributed by atoms with Gasteiger partial charge in [0.05, 0.1) is 0 Å². The van der Waals surface area contributed by atoms with Crippen molar-refractivity contribution < 1.29 is 0 Å². The van der Waals surface area contributed by atoms with Crippen molar-refractivity contribution in [3.63, 3.8) is 0 Å². The summed E-state index contributed by atoms with van der Waals surface area (Å²) in [6.07, 6.45) is 9.27. The first-order chi connectivity index (χ1) is 9.64. The summed E-state index contributed by atoms with van der Waals surface area (Å²) < 4.78 is 0. The zero-order chi connectivity index (χ0) is 15.2. The standard InChI is InChI=1S/C20H35N/c1-13-20(12-19(5,6)21(13)18(2,3)4)16-8-14-7-15(10-16)11-17(20)9-14/h13-17H,7-12H2,1-6H3/t13-,14?,15?,16?,17?,20?/m0/s1. The van der Waals surface area contributed by atoms with E-state index in [1.807, 2.05) is 0 Å². The Bertz CT molecular complexity index is 413. The number of hydrogen-bond donors (Lipinski definition) is 0. The second-order valence-electron chi connectivity index (χ2n) is 10.6. The lowest BCUT2D eigenvalue weighted by Crippen LogP contribution is -2.59. The zero-order valence-electron chi connectivity index (χ0n) is 15.1.